The summed E-state index contributed by atoms with van der Waals surface area (Å²) in [6.07, 6.45) is 8.98. The van der Waals surface area contributed by atoms with E-state index in [9.17, 15) is 5.11 Å². The Kier molecular flexibility index (Phi) is 8.20. The van der Waals surface area contributed by atoms with E-state index < -0.39 is 5.60 Å². The molecule has 1 atom stereocenters. The highest BCUT2D eigenvalue weighted by Crippen LogP contribution is 2.45. The second-order valence-electron chi connectivity index (χ2n) is 7.02. The highest BCUT2D eigenvalue weighted by molar-refractivity contribution is 5.37. The van der Waals surface area contributed by atoms with Crippen LogP contribution in [0.4, 0.5) is 0 Å². The molecule has 1 aliphatic rings. The Morgan fingerprint density at radius 3 is 2.19 bits per heavy atom. The fourth-order valence-corrected chi connectivity index (χ4v) is 3.03. The van der Waals surface area contributed by atoms with Gasteiger partial charge in [-0.05, 0) is 57.9 Å². The van der Waals surface area contributed by atoms with Crippen LogP contribution in [0.15, 0.2) is 34.9 Å². The maximum Gasteiger partial charge on any atom is 0.0665 e. The minimum absolute atomic E-state index is 0.0519. The molecule has 2 N–H and O–H groups in total. The quantitative estimate of drug-likeness (QED) is 0.735. The van der Waals surface area contributed by atoms with Gasteiger partial charge in [0.05, 0.1) is 5.60 Å². The van der Waals surface area contributed by atoms with E-state index >= 15 is 0 Å². The molecule has 2 heteroatoms. The second-order valence-corrected chi connectivity index (χ2v) is 7.02. The lowest BCUT2D eigenvalue weighted by molar-refractivity contribution is 0.0148. The summed E-state index contributed by atoms with van der Waals surface area (Å²) >= 11 is 0. The molecule has 122 valence electrons. The van der Waals surface area contributed by atoms with Gasteiger partial charge in [0, 0.05) is 6.61 Å². The molecule has 1 aliphatic carbocycles. The molecule has 0 spiro atoms. The predicted octanol–water partition coefficient (Wildman–Crippen LogP) is 4.79. The molecule has 0 amide bonds. The SMILES string of the molecule is C/C=C(C)\C=C\C1=C(C)CC(C)(O)CC1(C)C.CCCO. The van der Waals surface area contributed by atoms with Crippen LogP contribution in [0.1, 0.15) is 67.7 Å². The third-order valence-corrected chi connectivity index (χ3v) is 3.85. The molecule has 1 unspecified atom stereocenters. The van der Waals surface area contributed by atoms with E-state index in [2.05, 4.69) is 52.8 Å². The van der Waals surface area contributed by atoms with Crippen molar-refractivity contribution < 1.29 is 10.2 Å². The van der Waals surface area contributed by atoms with Crippen molar-refractivity contribution in [3.63, 3.8) is 0 Å². The van der Waals surface area contributed by atoms with E-state index in [0.717, 1.165) is 19.3 Å². The topological polar surface area (TPSA) is 40.5 Å². The highest BCUT2D eigenvalue weighted by Gasteiger charge is 2.38. The summed E-state index contributed by atoms with van der Waals surface area (Å²) in [6.45, 7) is 14.9. The largest absolute Gasteiger partial charge is 0.396 e. The minimum atomic E-state index is -0.555. The molecule has 0 fully saturated rings. The molecule has 21 heavy (non-hydrogen) atoms. The minimum Gasteiger partial charge on any atom is -0.396 e. The molecule has 2 nitrogen and oxygen atoms in total. The first-order chi connectivity index (χ1) is 9.59. The van der Waals surface area contributed by atoms with Crippen molar-refractivity contribution >= 4 is 0 Å². The first-order valence-corrected chi connectivity index (χ1v) is 7.94. The molecular weight excluding hydrogens is 260 g/mol. The standard InChI is InChI=1S/C16H26O.C3H8O/c1-7-12(2)8-9-14-13(3)10-16(6,17)11-15(14,4)5;1-2-3-4/h7-9,17H,10-11H2,1-6H3;4H,2-3H2,1H3/b9-8+,12-7-;. The van der Waals surface area contributed by atoms with Gasteiger partial charge < -0.3 is 10.2 Å². The molecule has 1 rings (SSSR count). The third-order valence-electron chi connectivity index (χ3n) is 3.85. The summed E-state index contributed by atoms with van der Waals surface area (Å²) in [7, 11) is 0. The number of rotatable bonds is 3. The van der Waals surface area contributed by atoms with Crippen molar-refractivity contribution in [2.45, 2.75) is 73.3 Å². The Balaban J connectivity index is 0.000000885. The molecule has 0 radical (unpaired) electrons. The summed E-state index contributed by atoms with van der Waals surface area (Å²) in [5.41, 5.74) is 3.46. The van der Waals surface area contributed by atoms with Gasteiger partial charge in [0.25, 0.3) is 0 Å². The number of aliphatic hydroxyl groups is 2. The average Bonchev–Trinajstić information content (AvgIpc) is 2.35. The second kappa shape index (κ2) is 8.55. The Morgan fingerprint density at radius 2 is 1.81 bits per heavy atom. The number of allylic oxidation sites excluding steroid dienone is 5. The number of hydrogen-bond acceptors (Lipinski definition) is 2. The smallest absolute Gasteiger partial charge is 0.0665 e. The van der Waals surface area contributed by atoms with Crippen LogP contribution in [0.2, 0.25) is 0 Å². The van der Waals surface area contributed by atoms with Crippen LogP contribution in [0.5, 0.6) is 0 Å². The summed E-state index contributed by atoms with van der Waals surface area (Å²) in [6, 6.07) is 0. The first kappa shape index (κ1) is 20.1. The van der Waals surface area contributed by atoms with E-state index in [1.54, 1.807) is 0 Å². The predicted molar refractivity (Wildman–Crippen MR) is 92.3 cm³/mol. The summed E-state index contributed by atoms with van der Waals surface area (Å²) in [4.78, 5) is 0. The molecule has 0 saturated carbocycles. The van der Waals surface area contributed by atoms with E-state index in [4.69, 9.17) is 5.11 Å². The van der Waals surface area contributed by atoms with E-state index in [0.29, 0.717) is 6.61 Å². The molecule has 0 aromatic heterocycles. The molecule has 0 saturated heterocycles. The van der Waals surface area contributed by atoms with Crippen molar-refractivity contribution in [3.05, 3.63) is 34.9 Å². The molecule has 0 bridgehead atoms. The molecular formula is C19H34O2. The third kappa shape index (κ3) is 7.10. The Bertz CT molecular complexity index is 407. The molecule has 0 heterocycles. The van der Waals surface area contributed by atoms with Gasteiger partial charge in [-0.2, -0.15) is 0 Å². The van der Waals surface area contributed by atoms with Crippen LogP contribution in [0.25, 0.3) is 0 Å². The zero-order valence-corrected chi connectivity index (χ0v) is 15.0. The van der Waals surface area contributed by atoms with Gasteiger partial charge >= 0.3 is 0 Å². The van der Waals surface area contributed by atoms with Gasteiger partial charge in [0.15, 0.2) is 0 Å². The van der Waals surface area contributed by atoms with E-state index in [-0.39, 0.29) is 5.41 Å². The maximum absolute atomic E-state index is 10.3. The first-order valence-electron chi connectivity index (χ1n) is 7.94. The van der Waals surface area contributed by atoms with Crippen LogP contribution >= 0.6 is 0 Å². The summed E-state index contributed by atoms with van der Waals surface area (Å²) < 4.78 is 0. The lowest BCUT2D eigenvalue weighted by Gasteiger charge is -2.41. The lowest BCUT2D eigenvalue weighted by atomic mass is 9.67. The van der Waals surface area contributed by atoms with Gasteiger partial charge in [0.1, 0.15) is 0 Å². The maximum atomic E-state index is 10.3. The fourth-order valence-electron chi connectivity index (χ4n) is 3.03. The van der Waals surface area contributed by atoms with Gasteiger partial charge in [-0.15, -0.1) is 0 Å². The van der Waals surface area contributed by atoms with E-state index in [1.165, 1.54) is 16.7 Å². The van der Waals surface area contributed by atoms with E-state index in [1.807, 2.05) is 13.8 Å². The summed E-state index contributed by atoms with van der Waals surface area (Å²) in [5, 5.41) is 18.1. The van der Waals surface area contributed by atoms with Gasteiger partial charge in [-0.1, -0.05) is 50.1 Å². The number of hydrogen-bond donors (Lipinski definition) is 2. The van der Waals surface area contributed by atoms with Crippen molar-refractivity contribution in [2.24, 2.45) is 5.41 Å². The summed E-state index contributed by atoms with van der Waals surface area (Å²) in [5.74, 6) is 0. The molecule has 0 aromatic carbocycles. The van der Waals surface area contributed by atoms with Crippen molar-refractivity contribution in [1.29, 1.82) is 0 Å². The lowest BCUT2D eigenvalue weighted by Crippen LogP contribution is -2.37. The van der Waals surface area contributed by atoms with Crippen molar-refractivity contribution in [2.75, 3.05) is 6.61 Å². The van der Waals surface area contributed by atoms with Crippen molar-refractivity contribution in [1.82, 2.24) is 0 Å². The molecule has 0 aromatic rings. The Morgan fingerprint density at radius 1 is 1.29 bits per heavy atom. The fraction of sp³-hybridized carbons (Fsp3) is 0.684. The average molecular weight is 294 g/mol. The zero-order valence-electron chi connectivity index (χ0n) is 15.0. The Hall–Kier alpha value is -0.860. The molecule has 0 aliphatic heterocycles. The highest BCUT2D eigenvalue weighted by atomic mass is 16.3. The van der Waals surface area contributed by atoms with Crippen LogP contribution in [0.3, 0.4) is 0 Å². The normalized spacial score (nSPS) is 25.9. The van der Waals surface area contributed by atoms with Gasteiger partial charge in [0.2, 0.25) is 0 Å². The van der Waals surface area contributed by atoms with Gasteiger partial charge in [-0.25, -0.2) is 0 Å². The van der Waals surface area contributed by atoms with Crippen LogP contribution in [-0.2, 0) is 0 Å². The van der Waals surface area contributed by atoms with Crippen molar-refractivity contribution in [3.8, 4) is 0 Å². The monoisotopic (exact) mass is 294 g/mol. The van der Waals surface area contributed by atoms with Crippen LogP contribution in [0, 0.1) is 5.41 Å². The van der Waals surface area contributed by atoms with Gasteiger partial charge in [-0.3, -0.25) is 0 Å². The van der Waals surface area contributed by atoms with Crippen LogP contribution in [-0.4, -0.2) is 22.4 Å². The van der Waals surface area contributed by atoms with Crippen LogP contribution < -0.4 is 0 Å². The zero-order chi connectivity index (χ0) is 16.7. The number of aliphatic hydroxyl groups excluding tert-OH is 1. The Labute approximate surface area is 131 Å².